The summed E-state index contributed by atoms with van der Waals surface area (Å²) < 4.78 is 13.3. The average molecular weight is 362 g/mol. The molecule has 2 aliphatic carbocycles. The van der Waals surface area contributed by atoms with E-state index in [0.717, 1.165) is 57.6 Å². The van der Waals surface area contributed by atoms with Crippen LogP contribution in [0.3, 0.4) is 0 Å². The molecule has 0 saturated heterocycles. The van der Waals surface area contributed by atoms with Crippen LogP contribution < -0.4 is 10.6 Å². The van der Waals surface area contributed by atoms with Gasteiger partial charge in [-0.1, -0.05) is 25.0 Å². The largest absolute Gasteiger partial charge is 0.393 e. The molecule has 0 unspecified atom stereocenters. The maximum absolute atomic E-state index is 13.3. The number of aliphatic imine (C=N–C) groups is 1. The molecule has 1 aromatic rings. The number of nitrogens with one attached hydrogen (secondary N) is 2. The second-order valence-corrected chi connectivity index (χ2v) is 7.84. The van der Waals surface area contributed by atoms with Crippen molar-refractivity contribution in [1.29, 1.82) is 0 Å². The molecule has 0 atom stereocenters. The molecule has 0 heterocycles. The van der Waals surface area contributed by atoms with Gasteiger partial charge in [0.25, 0.3) is 0 Å². The van der Waals surface area contributed by atoms with E-state index in [9.17, 15) is 9.50 Å². The average Bonchev–Trinajstić information content (AvgIpc) is 3.12. The third kappa shape index (κ3) is 4.76. The van der Waals surface area contributed by atoms with E-state index >= 15 is 0 Å². The first kappa shape index (κ1) is 19.2. The smallest absolute Gasteiger partial charge is 0.191 e. The molecule has 1 aromatic carbocycles. The standard InChI is InChI=1S/C21H32FN3O/c1-2-23-20(25-18-9-11-19(26)12-10-18)24-15-21(13-3-4-14-21)16-5-7-17(22)8-6-16/h5-8,18-19,26H,2-4,9-15H2,1H3,(H2,23,24,25). The molecule has 4 nitrogen and oxygen atoms in total. The van der Waals surface area contributed by atoms with Gasteiger partial charge in [0, 0.05) is 18.0 Å². The third-order valence-corrected chi connectivity index (χ3v) is 5.94. The first-order chi connectivity index (χ1) is 12.6. The number of aliphatic hydroxyl groups excluding tert-OH is 1. The minimum Gasteiger partial charge on any atom is -0.393 e. The number of nitrogens with zero attached hydrogens (tertiary/aromatic N) is 1. The van der Waals surface area contributed by atoms with Crippen molar-refractivity contribution in [2.45, 2.75) is 75.9 Å². The molecule has 144 valence electrons. The van der Waals surface area contributed by atoms with E-state index in [0.29, 0.717) is 6.04 Å². The Kier molecular flexibility index (Phi) is 6.52. The van der Waals surface area contributed by atoms with E-state index in [2.05, 4.69) is 17.6 Å². The van der Waals surface area contributed by atoms with Crippen LogP contribution >= 0.6 is 0 Å². The summed E-state index contributed by atoms with van der Waals surface area (Å²) in [5.41, 5.74) is 1.23. The minimum absolute atomic E-state index is 0.0266. The van der Waals surface area contributed by atoms with E-state index in [1.807, 2.05) is 12.1 Å². The first-order valence-corrected chi connectivity index (χ1v) is 10.1. The van der Waals surface area contributed by atoms with Gasteiger partial charge in [-0.15, -0.1) is 0 Å². The van der Waals surface area contributed by atoms with Crippen LogP contribution in [0.15, 0.2) is 29.3 Å². The van der Waals surface area contributed by atoms with Crippen LogP contribution in [0.4, 0.5) is 4.39 Å². The Morgan fingerprint density at radius 2 is 1.81 bits per heavy atom. The van der Waals surface area contributed by atoms with Crippen molar-refractivity contribution in [3.63, 3.8) is 0 Å². The fourth-order valence-corrected chi connectivity index (χ4v) is 4.36. The molecule has 3 rings (SSSR count). The summed E-state index contributed by atoms with van der Waals surface area (Å²) in [7, 11) is 0. The molecule has 0 aromatic heterocycles. The lowest BCUT2D eigenvalue weighted by atomic mass is 9.79. The molecular formula is C21H32FN3O. The normalized spacial score (nSPS) is 25.9. The molecule has 2 fully saturated rings. The van der Waals surface area contributed by atoms with Gasteiger partial charge in [-0.2, -0.15) is 0 Å². The highest BCUT2D eigenvalue weighted by Crippen LogP contribution is 2.41. The maximum atomic E-state index is 13.3. The minimum atomic E-state index is -0.181. The lowest BCUT2D eigenvalue weighted by molar-refractivity contribution is 0.120. The number of halogens is 1. The summed E-state index contributed by atoms with van der Waals surface area (Å²) >= 11 is 0. The van der Waals surface area contributed by atoms with Crippen molar-refractivity contribution in [1.82, 2.24) is 10.6 Å². The van der Waals surface area contributed by atoms with Crippen LogP contribution in [0.5, 0.6) is 0 Å². The molecular weight excluding hydrogens is 329 g/mol. The molecule has 5 heteroatoms. The Morgan fingerprint density at radius 3 is 2.42 bits per heavy atom. The molecule has 0 spiro atoms. The Balaban J connectivity index is 1.70. The quantitative estimate of drug-likeness (QED) is 0.556. The molecule has 26 heavy (non-hydrogen) atoms. The zero-order valence-electron chi connectivity index (χ0n) is 15.8. The fraction of sp³-hybridized carbons (Fsp3) is 0.667. The number of hydrogen-bond donors (Lipinski definition) is 3. The second-order valence-electron chi connectivity index (χ2n) is 7.84. The van der Waals surface area contributed by atoms with E-state index in [1.54, 1.807) is 12.1 Å². The van der Waals surface area contributed by atoms with Gasteiger partial charge in [-0.25, -0.2) is 4.39 Å². The van der Waals surface area contributed by atoms with E-state index in [-0.39, 0.29) is 17.3 Å². The van der Waals surface area contributed by atoms with Gasteiger partial charge in [0.15, 0.2) is 5.96 Å². The van der Waals surface area contributed by atoms with E-state index < -0.39 is 0 Å². The molecule has 0 aliphatic heterocycles. The highest BCUT2D eigenvalue weighted by atomic mass is 19.1. The summed E-state index contributed by atoms with van der Waals surface area (Å²) in [4.78, 5) is 4.92. The Bertz CT molecular complexity index is 588. The van der Waals surface area contributed by atoms with Crippen LogP contribution in [0.25, 0.3) is 0 Å². The van der Waals surface area contributed by atoms with Crippen molar-refractivity contribution in [3.05, 3.63) is 35.6 Å². The van der Waals surface area contributed by atoms with Crippen molar-refractivity contribution >= 4 is 5.96 Å². The SMILES string of the molecule is CCNC(=NCC1(c2ccc(F)cc2)CCCC1)NC1CCC(O)CC1. The number of guanidine groups is 1. The van der Waals surface area contributed by atoms with Crippen molar-refractivity contribution in [3.8, 4) is 0 Å². The first-order valence-electron chi connectivity index (χ1n) is 10.1. The summed E-state index contributed by atoms with van der Waals surface area (Å²) in [6, 6.07) is 7.37. The van der Waals surface area contributed by atoms with Crippen LogP contribution in [0.1, 0.15) is 63.9 Å². The zero-order chi connectivity index (χ0) is 18.4. The van der Waals surface area contributed by atoms with Gasteiger partial charge in [0.1, 0.15) is 5.82 Å². The lowest BCUT2D eigenvalue weighted by Gasteiger charge is -2.30. The lowest BCUT2D eigenvalue weighted by Crippen LogP contribution is -2.46. The maximum Gasteiger partial charge on any atom is 0.191 e. The Labute approximate surface area is 156 Å². The number of aliphatic hydroxyl groups is 1. The molecule has 3 N–H and O–H groups in total. The van der Waals surface area contributed by atoms with Gasteiger partial charge in [-0.05, 0) is 63.1 Å². The number of rotatable bonds is 5. The Hall–Kier alpha value is -1.62. The van der Waals surface area contributed by atoms with Gasteiger partial charge in [0.05, 0.1) is 12.6 Å². The summed E-state index contributed by atoms with van der Waals surface area (Å²) in [6.07, 6.45) is 8.16. The zero-order valence-corrected chi connectivity index (χ0v) is 15.8. The highest BCUT2D eigenvalue weighted by molar-refractivity contribution is 5.80. The second kappa shape index (κ2) is 8.85. The van der Waals surface area contributed by atoms with Crippen LogP contribution in [-0.2, 0) is 5.41 Å². The summed E-state index contributed by atoms with van der Waals surface area (Å²) in [6.45, 7) is 3.63. The third-order valence-electron chi connectivity index (χ3n) is 5.94. The Morgan fingerprint density at radius 1 is 1.15 bits per heavy atom. The van der Waals surface area contributed by atoms with E-state index in [1.165, 1.54) is 18.4 Å². The van der Waals surface area contributed by atoms with Crippen molar-refractivity contribution in [2.24, 2.45) is 4.99 Å². The van der Waals surface area contributed by atoms with Crippen LogP contribution in [0.2, 0.25) is 0 Å². The molecule has 2 saturated carbocycles. The highest BCUT2D eigenvalue weighted by Gasteiger charge is 2.35. The predicted molar refractivity (Wildman–Crippen MR) is 104 cm³/mol. The van der Waals surface area contributed by atoms with Gasteiger partial charge < -0.3 is 15.7 Å². The number of benzene rings is 1. The topological polar surface area (TPSA) is 56.7 Å². The number of hydrogen-bond acceptors (Lipinski definition) is 2. The molecule has 0 amide bonds. The van der Waals surface area contributed by atoms with E-state index in [4.69, 9.17) is 4.99 Å². The predicted octanol–water partition coefficient (Wildman–Crippen LogP) is 3.50. The molecule has 0 radical (unpaired) electrons. The van der Waals surface area contributed by atoms with Gasteiger partial charge in [-0.3, -0.25) is 4.99 Å². The molecule has 2 aliphatic rings. The van der Waals surface area contributed by atoms with Crippen molar-refractivity contribution in [2.75, 3.05) is 13.1 Å². The van der Waals surface area contributed by atoms with Crippen LogP contribution in [-0.4, -0.2) is 36.3 Å². The van der Waals surface area contributed by atoms with Crippen LogP contribution in [0, 0.1) is 5.82 Å². The van der Waals surface area contributed by atoms with Crippen molar-refractivity contribution < 1.29 is 9.50 Å². The summed E-state index contributed by atoms with van der Waals surface area (Å²) in [5, 5.41) is 16.6. The van der Waals surface area contributed by atoms with Gasteiger partial charge >= 0.3 is 0 Å². The monoisotopic (exact) mass is 361 g/mol. The van der Waals surface area contributed by atoms with Gasteiger partial charge in [0.2, 0.25) is 0 Å². The fourth-order valence-electron chi connectivity index (χ4n) is 4.36. The molecule has 0 bridgehead atoms. The summed E-state index contributed by atoms with van der Waals surface area (Å²) in [5.74, 6) is 0.683.